The van der Waals surface area contributed by atoms with Gasteiger partial charge in [0.1, 0.15) is 5.58 Å². The predicted molar refractivity (Wildman–Crippen MR) is 115 cm³/mol. The minimum atomic E-state index is -0.334. The first-order valence-electron chi connectivity index (χ1n) is 9.29. The van der Waals surface area contributed by atoms with Gasteiger partial charge in [-0.3, -0.25) is 9.59 Å². The van der Waals surface area contributed by atoms with Crippen molar-refractivity contribution < 1.29 is 14.0 Å². The summed E-state index contributed by atoms with van der Waals surface area (Å²) in [4.78, 5) is 25.5. The van der Waals surface area contributed by atoms with Gasteiger partial charge in [0, 0.05) is 17.0 Å². The molecule has 0 aliphatic heterocycles. The molecule has 0 aliphatic carbocycles. The van der Waals surface area contributed by atoms with Crippen LogP contribution in [-0.4, -0.2) is 11.7 Å². The van der Waals surface area contributed by atoms with E-state index in [1.54, 1.807) is 36.4 Å². The molecule has 1 N–H and O–H groups in total. The van der Waals surface area contributed by atoms with E-state index >= 15 is 0 Å². The highest BCUT2D eigenvalue weighted by molar-refractivity contribution is 6.18. The molecule has 4 aromatic rings. The first-order valence-corrected chi connectivity index (χ1v) is 9.29. The van der Waals surface area contributed by atoms with Gasteiger partial charge in [-0.05, 0) is 30.7 Å². The monoisotopic (exact) mass is 381 g/mol. The average Bonchev–Trinajstić information content (AvgIpc) is 3.12. The van der Waals surface area contributed by atoms with Gasteiger partial charge in [-0.15, -0.1) is 0 Å². The molecule has 4 nitrogen and oxygen atoms in total. The number of anilines is 1. The number of carbonyl (C=O) groups excluding carboxylic acids is 2. The van der Waals surface area contributed by atoms with Crippen molar-refractivity contribution in [2.45, 2.75) is 6.92 Å². The van der Waals surface area contributed by atoms with Gasteiger partial charge in [0.15, 0.2) is 5.76 Å². The molecule has 0 aliphatic rings. The second-order valence-electron chi connectivity index (χ2n) is 6.73. The van der Waals surface area contributed by atoms with Crippen molar-refractivity contribution in [3.8, 4) is 0 Å². The Kier molecular flexibility index (Phi) is 5.08. The Balaban J connectivity index is 1.66. The van der Waals surface area contributed by atoms with Crippen LogP contribution < -0.4 is 5.32 Å². The number of fused-ring (bicyclic) bond motifs is 1. The average molecular weight is 381 g/mol. The van der Waals surface area contributed by atoms with Crippen molar-refractivity contribution in [3.63, 3.8) is 0 Å². The Hall–Kier alpha value is -3.92. The summed E-state index contributed by atoms with van der Waals surface area (Å²) in [5.74, 6) is -0.492. The fraction of sp³-hybridized carbons (Fsp3) is 0.0400. The van der Waals surface area contributed by atoms with Gasteiger partial charge in [0.2, 0.25) is 11.7 Å². The molecular formula is C25H19NO3. The van der Waals surface area contributed by atoms with E-state index in [4.69, 9.17) is 4.42 Å². The van der Waals surface area contributed by atoms with Gasteiger partial charge in [-0.2, -0.15) is 0 Å². The summed E-state index contributed by atoms with van der Waals surface area (Å²) in [6.07, 6.45) is 3.18. The smallest absolute Gasteiger partial charge is 0.248 e. The summed E-state index contributed by atoms with van der Waals surface area (Å²) in [7, 11) is 0. The third kappa shape index (κ3) is 4.01. The largest absolute Gasteiger partial charge is 0.450 e. The van der Waals surface area contributed by atoms with Crippen molar-refractivity contribution in [1.82, 2.24) is 0 Å². The van der Waals surface area contributed by atoms with Crippen molar-refractivity contribution in [3.05, 3.63) is 107 Å². The van der Waals surface area contributed by atoms with Gasteiger partial charge >= 0.3 is 0 Å². The Labute approximate surface area is 168 Å². The highest BCUT2D eigenvalue weighted by atomic mass is 16.3. The molecule has 0 radical (unpaired) electrons. The quantitative estimate of drug-likeness (QED) is 0.360. The van der Waals surface area contributed by atoms with Crippen molar-refractivity contribution >= 4 is 34.4 Å². The van der Waals surface area contributed by atoms with Crippen LogP contribution in [0.5, 0.6) is 0 Å². The number of aryl methyl sites for hydroxylation is 1. The number of carbonyl (C=O) groups is 2. The lowest BCUT2D eigenvalue weighted by Gasteiger charge is -2.04. The van der Waals surface area contributed by atoms with Crippen molar-refractivity contribution in [2.24, 2.45) is 0 Å². The number of amides is 1. The number of benzene rings is 3. The fourth-order valence-electron chi connectivity index (χ4n) is 3.06. The van der Waals surface area contributed by atoms with E-state index in [1.807, 2.05) is 55.5 Å². The highest BCUT2D eigenvalue weighted by Crippen LogP contribution is 2.32. The normalized spacial score (nSPS) is 11.1. The maximum atomic E-state index is 13.0. The molecule has 0 fully saturated rings. The number of rotatable bonds is 5. The highest BCUT2D eigenvalue weighted by Gasteiger charge is 2.22. The van der Waals surface area contributed by atoms with Crippen LogP contribution in [-0.2, 0) is 4.79 Å². The van der Waals surface area contributed by atoms with Crippen LogP contribution in [0.1, 0.15) is 27.2 Å². The van der Waals surface area contributed by atoms with Crippen LogP contribution in [0.3, 0.4) is 0 Å². The third-order valence-corrected chi connectivity index (χ3v) is 4.59. The number of furan rings is 1. The van der Waals surface area contributed by atoms with Crippen LogP contribution >= 0.6 is 0 Å². The van der Waals surface area contributed by atoms with Crippen LogP contribution in [0, 0.1) is 6.92 Å². The van der Waals surface area contributed by atoms with Crippen molar-refractivity contribution in [1.29, 1.82) is 0 Å². The van der Waals surface area contributed by atoms with E-state index in [0.717, 1.165) is 11.1 Å². The zero-order chi connectivity index (χ0) is 20.2. The number of para-hydroxylation sites is 1. The minimum absolute atomic E-state index is 0.120. The number of ketones is 1. The molecule has 0 bridgehead atoms. The first-order chi connectivity index (χ1) is 14.1. The lowest BCUT2D eigenvalue weighted by molar-refractivity contribution is -0.111. The van der Waals surface area contributed by atoms with E-state index in [0.29, 0.717) is 22.2 Å². The van der Waals surface area contributed by atoms with E-state index in [2.05, 4.69) is 5.32 Å². The Morgan fingerprint density at radius 2 is 1.55 bits per heavy atom. The molecule has 0 saturated heterocycles. The second-order valence-corrected chi connectivity index (χ2v) is 6.73. The van der Waals surface area contributed by atoms with E-state index < -0.39 is 0 Å². The molecular weight excluding hydrogens is 362 g/mol. The predicted octanol–water partition coefficient (Wildman–Crippen LogP) is 5.62. The molecule has 4 heteroatoms. The number of hydrogen-bond donors (Lipinski definition) is 1. The molecule has 4 rings (SSSR count). The maximum Gasteiger partial charge on any atom is 0.248 e. The Morgan fingerprint density at radius 3 is 2.31 bits per heavy atom. The molecule has 0 unspecified atom stereocenters. The number of nitrogens with one attached hydrogen (secondary N) is 1. The van der Waals surface area contributed by atoms with Crippen LogP contribution in [0.25, 0.3) is 17.0 Å². The van der Waals surface area contributed by atoms with E-state index in [1.165, 1.54) is 6.08 Å². The Morgan fingerprint density at radius 1 is 0.862 bits per heavy atom. The summed E-state index contributed by atoms with van der Waals surface area (Å²) < 4.78 is 5.80. The molecule has 1 amide bonds. The summed E-state index contributed by atoms with van der Waals surface area (Å²) in [5.41, 5.74) is 3.50. The SMILES string of the molecule is Cc1ccc(C=CC(=O)Nc2c(C(=O)c3ccccc3)oc3ccccc23)cc1. The lowest BCUT2D eigenvalue weighted by Crippen LogP contribution is -2.11. The van der Waals surface area contributed by atoms with Gasteiger partial charge in [-0.1, -0.05) is 72.3 Å². The third-order valence-electron chi connectivity index (χ3n) is 4.59. The second kappa shape index (κ2) is 7.98. The first kappa shape index (κ1) is 18.4. The molecule has 0 spiro atoms. The minimum Gasteiger partial charge on any atom is -0.450 e. The maximum absolute atomic E-state index is 13.0. The van der Waals surface area contributed by atoms with E-state index in [9.17, 15) is 9.59 Å². The molecule has 3 aromatic carbocycles. The lowest BCUT2D eigenvalue weighted by atomic mass is 10.1. The topological polar surface area (TPSA) is 59.3 Å². The standard InChI is InChI=1S/C25H19NO3/c1-17-11-13-18(14-12-17)15-16-22(27)26-23-20-9-5-6-10-21(20)29-25(23)24(28)19-7-3-2-4-8-19/h2-16H,1H3,(H,26,27). The van der Waals surface area contributed by atoms with Gasteiger partial charge in [0.25, 0.3) is 0 Å². The van der Waals surface area contributed by atoms with E-state index in [-0.39, 0.29) is 17.5 Å². The van der Waals surface area contributed by atoms with Gasteiger partial charge in [0.05, 0.1) is 5.69 Å². The van der Waals surface area contributed by atoms with Gasteiger partial charge < -0.3 is 9.73 Å². The summed E-state index contributed by atoms with van der Waals surface area (Å²) >= 11 is 0. The van der Waals surface area contributed by atoms with Crippen LogP contribution in [0.2, 0.25) is 0 Å². The molecule has 0 saturated carbocycles. The zero-order valence-corrected chi connectivity index (χ0v) is 15.9. The molecule has 142 valence electrons. The molecule has 1 aromatic heterocycles. The summed E-state index contributed by atoms with van der Waals surface area (Å²) in [6.45, 7) is 2.01. The molecule has 1 heterocycles. The molecule has 0 atom stereocenters. The number of hydrogen-bond acceptors (Lipinski definition) is 3. The van der Waals surface area contributed by atoms with Gasteiger partial charge in [-0.25, -0.2) is 0 Å². The van der Waals surface area contributed by atoms with Crippen molar-refractivity contribution in [2.75, 3.05) is 5.32 Å². The fourth-order valence-corrected chi connectivity index (χ4v) is 3.06. The van der Waals surface area contributed by atoms with Crippen LogP contribution in [0.4, 0.5) is 5.69 Å². The van der Waals surface area contributed by atoms with Crippen LogP contribution in [0.15, 0.2) is 89.4 Å². The Bertz CT molecular complexity index is 1200. The summed E-state index contributed by atoms with van der Waals surface area (Å²) in [6, 6.07) is 24.0. The summed E-state index contributed by atoms with van der Waals surface area (Å²) in [5, 5.41) is 3.51. The molecule has 29 heavy (non-hydrogen) atoms. The zero-order valence-electron chi connectivity index (χ0n) is 15.9.